The van der Waals surface area contributed by atoms with E-state index in [1.54, 1.807) is 0 Å². The molecule has 1 amide bonds. The predicted octanol–water partition coefficient (Wildman–Crippen LogP) is -0.126. The van der Waals surface area contributed by atoms with E-state index in [9.17, 15) is 4.79 Å². The van der Waals surface area contributed by atoms with Gasteiger partial charge in [-0.15, -0.1) is 0 Å². The second-order valence-electron chi connectivity index (χ2n) is 2.59. The summed E-state index contributed by atoms with van der Waals surface area (Å²) in [6, 6.07) is 0.103. The Balaban J connectivity index is 2.08. The fraction of sp³-hybridized carbons (Fsp3) is 0.857. The second-order valence-corrected chi connectivity index (χ2v) is 2.59. The highest BCUT2D eigenvalue weighted by Crippen LogP contribution is 2.00. The third kappa shape index (κ3) is 1.70. The van der Waals surface area contributed by atoms with Gasteiger partial charge < -0.3 is 10.6 Å². The maximum Gasteiger partial charge on any atom is 0.237 e. The van der Waals surface area contributed by atoms with Crippen molar-refractivity contribution in [3.8, 4) is 0 Å². The fourth-order valence-corrected chi connectivity index (χ4v) is 0.884. The lowest BCUT2D eigenvalue weighted by molar-refractivity contribution is -0.124. The highest BCUT2D eigenvalue weighted by atomic mass is 16.2. The minimum atomic E-state index is 0.103. The molecular weight excluding hydrogens is 128 g/mol. The molecule has 1 saturated heterocycles. The summed E-state index contributed by atoms with van der Waals surface area (Å²) in [5, 5.41) is 5.87. The topological polar surface area (TPSA) is 41.1 Å². The van der Waals surface area contributed by atoms with Crippen molar-refractivity contribution in [2.24, 2.45) is 0 Å². The second kappa shape index (κ2) is 3.56. The molecule has 1 aliphatic heterocycles. The van der Waals surface area contributed by atoms with Crippen LogP contribution in [0.3, 0.4) is 0 Å². The molecule has 0 aromatic heterocycles. The average Bonchev–Trinajstić information content (AvgIpc) is 1.79. The van der Waals surface area contributed by atoms with Gasteiger partial charge in [0.2, 0.25) is 5.91 Å². The van der Waals surface area contributed by atoms with Crippen molar-refractivity contribution in [1.29, 1.82) is 0 Å². The molecule has 1 aliphatic rings. The lowest BCUT2D eigenvalue weighted by atomic mass is 10.1. The first kappa shape index (κ1) is 7.54. The lowest BCUT2D eigenvalue weighted by Gasteiger charge is -2.26. The van der Waals surface area contributed by atoms with Crippen LogP contribution < -0.4 is 10.6 Å². The molecule has 3 nitrogen and oxygen atoms in total. The first-order chi connectivity index (χ1) is 4.84. The van der Waals surface area contributed by atoms with Gasteiger partial charge in [-0.1, -0.05) is 6.92 Å². The number of carbonyl (C=O) groups is 1. The molecule has 58 valence electrons. The SMILES string of the molecule is CCCNC(=O)[C@H]1CCN1. The van der Waals surface area contributed by atoms with Crippen molar-refractivity contribution < 1.29 is 4.79 Å². The van der Waals surface area contributed by atoms with Crippen LogP contribution in [-0.4, -0.2) is 25.0 Å². The van der Waals surface area contributed by atoms with Crippen LogP contribution in [0.25, 0.3) is 0 Å². The van der Waals surface area contributed by atoms with Gasteiger partial charge >= 0.3 is 0 Å². The van der Waals surface area contributed by atoms with Crippen LogP contribution in [-0.2, 0) is 4.79 Å². The molecule has 10 heavy (non-hydrogen) atoms. The van der Waals surface area contributed by atoms with Gasteiger partial charge in [0.05, 0.1) is 6.04 Å². The van der Waals surface area contributed by atoms with Gasteiger partial charge in [0.25, 0.3) is 0 Å². The van der Waals surface area contributed by atoms with E-state index in [1.165, 1.54) is 0 Å². The highest BCUT2D eigenvalue weighted by molar-refractivity contribution is 5.82. The summed E-state index contributed by atoms with van der Waals surface area (Å²) >= 11 is 0. The summed E-state index contributed by atoms with van der Waals surface area (Å²) < 4.78 is 0. The predicted molar refractivity (Wildman–Crippen MR) is 39.7 cm³/mol. The molecule has 1 rings (SSSR count). The van der Waals surface area contributed by atoms with Crippen molar-refractivity contribution in [2.75, 3.05) is 13.1 Å². The standard InChI is InChI=1S/C7H14N2O/c1-2-4-9-7(10)6-3-5-8-6/h6,8H,2-5H2,1H3,(H,9,10)/t6-/m1/s1. The Kier molecular flexibility index (Phi) is 2.68. The summed E-state index contributed by atoms with van der Waals surface area (Å²) in [7, 11) is 0. The van der Waals surface area contributed by atoms with E-state index >= 15 is 0 Å². The van der Waals surface area contributed by atoms with Crippen LogP contribution >= 0.6 is 0 Å². The number of rotatable bonds is 3. The van der Waals surface area contributed by atoms with Crippen molar-refractivity contribution in [3.63, 3.8) is 0 Å². The molecule has 0 aromatic rings. The monoisotopic (exact) mass is 142 g/mol. The number of nitrogens with one attached hydrogen (secondary N) is 2. The summed E-state index contributed by atoms with van der Waals surface area (Å²) in [6.45, 7) is 3.84. The molecule has 1 atom stereocenters. The summed E-state index contributed by atoms with van der Waals surface area (Å²) in [5.74, 6) is 0.160. The van der Waals surface area contributed by atoms with Gasteiger partial charge in [0.15, 0.2) is 0 Å². The van der Waals surface area contributed by atoms with E-state index in [1.807, 2.05) is 0 Å². The number of hydrogen-bond donors (Lipinski definition) is 2. The molecule has 0 bridgehead atoms. The Labute approximate surface area is 61.2 Å². The van der Waals surface area contributed by atoms with Crippen LogP contribution in [0.15, 0.2) is 0 Å². The molecular formula is C7H14N2O. The normalized spacial score (nSPS) is 23.5. The molecule has 0 radical (unpaired) electrons. The van der Waals surface area contributed by atoms with Gasteiger partial charge in [-0.3, -0.25) is 4.79 Å². The average molecular weight is 142 g/mol. The maximum absolute atomic E-state index is 11.0. The number of hydrogen-bond acceptors (Lipinski definition) is 2. The fourth-order valence-electron chi connectivity index (χ4n) is 0.884. The molecule has 0 saturated carbocycles. The molecule has 2 N–H and O–H groups in total. The minimum Gasteiger partial charge on any atom is -0.355 e. The van der Waals surface area contributed by atoms with E-state index in [2.05, 4.69) is 17.6 Å². The Morgan fingerprint density at radius 2 is 2.50 bits per heavy atom. The number of amides is 1. The quantitative estimate of drug-likeness (QED) is 0.576. The van der Waals surface area contributed by atoms with Gasteiger partial charge in [-0.2, -0.15) is 0 Å². The molecule has 0 aliphatic carbocycles. The van der Waals surface area contributed by atoms with Crippen LogP contribution in [0, 0.1) is 0 Å². The van der Waals surface area contributed by atoms with Crippen LogP contribution in [0.5, 0.6) is 0 Å². The van der Waals surface area contributed by atoms with Crippen LogP contribution in [0.1, 0.15) is 19.8 Å². The molecule has 3 heteroatoms. The zero-order valence-corrected chi connectivity index (χ0v) is 6.31. The third-order valence-electron chi connectivity index (χ3n) is 1.69. The van der Waals surface area contributed by atoms with Crippen LogP contribution in [0.4, 0.5) is 0 Å². The largest absolute Gasteiger partial charge is 0.355 e. The molecule has 0 aromatic carbocycles. The highest BCUT2D eigenvalue weighted by Gasteiger charge is 2.23. The summed E-state index contributed by atoms with van der Waals surface area (Å²) in [4.78, 5) is 11.0. The molecule has 0 unspecified atom stereocenters. The van der Waals surface area contributed by atoms with Crippen molar-refractivity contribution in [2.45, 2.75) is 25.8 Å². The lowest BCUT2D eigenvalue weighted by Crippen LogP contribution is -2.53. The number of carbonyl (C=O) groups excluding carboxylic acids is 1. The van der Waals surface area contributed by atoms with E-state index in [0.29, 0.717) is 0 Å². The van der Waals surface area contributed by atoms with Crippen molar-refractivity contribution >= 4 is 5.91 Å². The zero-order valence-electron chi connectivity index (χ0n) is 6.31. The van der Waals surface area contributed by atoms with Crippen molar-refractivity contribution in [1.82, 2.24) is 10.6 Å². The Bertz CT molecular complexity index is 121. The zero-order chi connectivity index (χ0) is 7.40. The van der Waals surface area contributed by atoms with Gasteiger partial charge in [-0.25, -0.2) is 0 Å². The van der Waals surface area contributed by atoms with E-state index in [4.69, 9.17) is 0 Å². The smallest absolute Gasteiger partial charge is 0.237 e. The molecule has 1 heterocycles. The first-order valence-electron chi connectivity index (χ1n) is 3.85. The van der Waals surface area contributed by atoms with Gasteiger partial charge in [-0.05, 0) is 19.4 Å². The molecule has 1 fully saturated rings. The minimum absolute atomic E-state index is 0.103. The van der Waals surface area contributed by atoms with E-state index in [0.717, 1.165) is 25.9 Å². The molecule has 0 spiro atoms. The summed E-state index contributed by atoms with van der Waals surface area (Å²) in [6.07, 6.45) is 2.01. The Morgan fingerprint density at radius 1 is 1.80 bits per heavy atom. The summed E-state index contributed by atoms with van der Waals surface area (Å²) in [5.41, 5.74) is 0. The van der Waals surface area contributed by atoms with Crippen LogP contribution in [0.2, 0.25) is 0 Å². The van der Waals surface area contributed by atoms with E-state index < -0.39 is 0 Å². The van der Waals surface area contributed by atoms with Gasteiger partial charge in [0.1, 0.15) is 0 Å². The maximum atomic E-state index is 11.0. The van der Waals surface area contributed by atoms with E-state index in [-0.39, 0.29) is 11.9 Å². The Hall–Kier alpha value is -0.570. The van der Waals surface area contributed by atoms with Crippen molar-refractivity contribution in [3.05, 3.63) is 0 Å². The first-order valence-corrected chi connectivity index (χ1v) is 3.85. The Morgan fingerprint density at radius 3 is 2.90 bits per heavy atom. The third-order valence-corrected chi connectivity index (χ3v) is 1.69. The van der Waals surface area contributed by atoms with Gasteiger partial charge in [0, 0.05) is 6.54 Å².